The number of nitrogens with one attached hydrogen (secondary N) is 2. The van der Waals surface area contributed by atoms with Crippen LogP contribution in [-0.2, 0) is 4.79 Å². The van der Waals surface area contributed by atoms with Crippen LogP contribution in [0.2, 0.25) is 0 Å². The number of nitrogens with zero attached hydrogens (tertiary/aromatic N) is 1. The predicted octanol–water partition coefficient (Wildman–Crippen LogP) is 7.88. The molecule has 0 aliphatic heterocycles. The average Bonchev–Trinajstić information content (AvgIpc) is 3.19. The lowest BCUT2D eigenvalue weighted by atomic mass is 10.0. The molecule has 1 heterocycles. The first-order chi connectivity index (χ1) is 15.3. The highest BCUT2D eigenvalue weighted by atomic mass is 16.2. The van der Waals surface area contributed by atoms with Crippen molar-refractivity contribution in [3.63, 3.8) is 0 Å². The first-order valence-electron chi connectivity index (χ1n) is 12.7. The number of benzene rings is 1. The smallest absolute Gasteiger partial charge is 0.240 e. The zero-order chi connectivity index (χ0) is 22.0. The molecule has 1 aromatic heterocycles. The Balaban J connectivity index is 1.38. The minimum atomic E-state index is 0.00536. The van der Waals surface area contributed by atoms with Crippen molar-refractivity contribution in [2.24, 2.45) is 5.10 Å². The molecule has 0 unspecified atom stereocenters. The van der Waals surface area contributed by atoms with Gasteiger partial charge in [-0.25, -0.2) is 5.43 Å². The third-order valence-electron chi connectivity index (χ3n) is 6.02. The number of aromatic amines is 1. The van der Waals surface area contributed by atoms with E-state index < -0.39 is 0 Å². The quantitative estimate of drug-likeness (QED) is 0.142. The zero-order valence-electron chi connectivity index (χ0n) is 19.6. The average molecular weight is 426 g/mol. The fraction of sp³-hybridized carbons (Fsp3) is 0.630. The molecule has 0 spiro atoms. The highest BCUT2D eigenvalue weighted by molar-refractivity contribution is 5.99. The number of amides is 1. The summed E-state index contributed by atoms with van der Waals surface area (Å²) in [7, 11) is 0. The van der Waals surface area contributed by atoms with E-state index in [2.05, 4.69) is 22.4 Å². The monoisotopic (exact) mass is 425 g/mol. The lowest BCUT2D eigenvalue weighted by molar-refractivity contribution is -0.121. The standard InChI is InChI=1S/C27H43N3O/c1-2-3-4-5-6-7-8-9-10-11-12-13-14-15-16-21-27(31)30-29-23-24-22-28-26-20-18-17-19-25(24)26/h17-20,22-23,28H,2-16,21H2,1H3,(H,30,31). The molecule has 1 aromatic carbocycles. The molecule has 1 amide bonds. The van der Waals surface area contributed by atoms with Gasteiger partial charge >= 0.3 is 0 Å². The van der Waals surface area contributed by atoms with Crippen molar-refractivity contribution in [1.29, 1.82) is 0 Å². The Morgan fingerprint density at radius 2 is 1.39 bits per heavy atom. The maximum Gasteiger partial charge on any atom is 0.240 e. The predicted molar refractivity (Wildman–Crippen MR) is 134 cm³/mol. The Morgan fingerprint density at radius 1 is 0.839 bits per heavy atom. The van der Waals surface area contributed by atoms with Gasteiger partial charge in [0.05, 0.1) is 6.21 Å². The van der Waals surface area contributed by atoms with Crippen LogP contribution in [0.4, 0.5) is 0 Å². The minimum absolute atomic E-state index is 0.00536. The second-order valence-electron chi connectivity index (χ2n) is 8.78. The number of hydrogen-bond acceptors (Lipinski definition) is 2. The molecule has 0 aliphatic rings. The second-order valence-corrected chi connectivity index (χ2v) is 8.78. The Labute approximate surface area is 189 Å². The molecule has 31 heavy (non-hydrogen) atoms. The maximum atomic E-state index is 11.9. The van der Waals surface area contributed by atoms with Crippen LogP contribution in [0.3, 0.4) is 0 Å². The van der Waals surface area contributed by atoms with Crippen LogP contribution < -0.4 is 5.43 Å². The van der Waals surface area contributed by atoms with Crippen molar-refractivity contribution in [3.05, 3.63) is 36.0 Å². The summed E-state index contributed by atoms with van der Waals surface area (Å²) in [4.78, 5) is 15.1. The summed E-state index contributed by atoms with van der Waals surface area (Å²) in [5.41, 5.74) is 4.72. The second kappa shape index (κ2) is 16.6. The summed E-state index contributed by atoms with van der Waals surface area (Å²) in [6.07, 6.45) is 24.2. The van der Waals surface area contributed by atoms with E-state index in [0.29, 0.717) is 6.42 Å². The fourth-order valence-corrected chi connectivity index (χ4v) is 4.09. The van der Waals surface area contributed by atoms with E-state index >= 15 is 0 Å². The van der Waals surface area contributed by atoms with Crippen molar-refractivity contribution < 1.29 is 4.79 Å². The minimum Gasteiger partial charge on any atom is -0.361 e. The highest BCUT2D eigenvalue weighted by Crippen LogP contribution is 2.16. The molecule has 172 valence electrons. The Kier molecular flexibility index (Phi) is 13.5. The third-order valence-corrected chi connectivity index (χ3v) is 6.02. The molecule has 0 fully saturated rings. The number of rotatable bonds is 18. The molecule has 4 nitrogen and oxygen atoms in total. The van der Waals surface area contributed by atoms with Crippen molar-refractivity contribution >= 4 is 23.0 Å². The number of carbonyl (C=O) groups excluding carboxylic acids is 1. The molecule has 2 rings (SSSR count). The van der Waals surface area contributed by atoms with E-state index in [1.807, 2.05) is 30.5 Å². The summed E-state index contributed by atoms with van der Waals surface area (Å²) in [5, 5.41) is 5.22. The van der Waals surface area contributed by atoms with Gasteiger partial charge in [-0.1, -0.05) is 115 Å². The largest absolute Gasteiger partial charge is 0.361 e. The number of unbranched alkanes of at least 4 members (excludes halogenated alkanes) is 14. The molecule has 0 saturated heterocycles. The topological polar surface area (TPSA) is 57.2 Å². The van der Waals surface area contributed by atoms with Crippen LogP contribution in [-0.4, -0.2) is 17.1 Å². The van der Waals surface area contributed by atoms with E-state index in [4.69, 9.17) is 0 Å². The Bertz CT molecular complexity index is 750. The van der Waals surface area contributed by atoms with Crippen molar-refractivity contribution in [3.8, 4) is 0 Å². The number of hydrazone groups is 1. The van der Waals surface area contributed by atoms with Gasteiger partial charge in [0.2, 0.25) is 5.91 Å². The normalized spacial score (nSPS) is 11.5. The van der Waals surface area contributed by atoms with Crippen LogP contribution in [0.15, 0.2) is 35.6 Å². The summed E-state index contributed by atoms with van der Waals surface area (Å²) >= 11 is 0. The van der Waals surface area contributed by atoms with Crippen LogP contribution in [0.1, 0.15) is 115 Å². The van der Waals surface area contributed by atoms with E-state index in [1.54, 1.807) is 6.21 Å². The number of hydrogen-bond donors (Lipinski definition) is 2. The Morgan fingerprint density at radius 3 is 2.00 bits per heavy atom. The van der Waals surface area contributed by atoms with Gasteiger partial charge in [-0.05, 0) is 12.5 Å². The van der Waals surface area contributed by atoms with Gasteiger partial charge in [0.15, 0.2) is 0 Å². The van der Waals surface area contributed by atoms with E-state index in [1.165, 1.54) is 83.5 Å². The van der Waals surface area contributed by atoms with Crippen molar-refractivity contribution in [1.82, 2.24) is 10.4 Å². The molecule has 0 bridgehead atoms. The number of aromatic nitrogens is 1. The van der Waals surface area contributed by atoms with Gasteiger partial charge in [0.1, 0.15) is 0 Å². The van der Waals surface area contributed by atoms with E-state index in [9.17, 15) is 4.79 Å². The molecular weight excluding hydrogens is 382 g/mol. The molecule has 0 radical (unpaired) electrons. The van der Waals surface area contributed by atoms with Crippen molar-refractivity contribution in [2.45, 2.75) is 110 Å². The Hall–Kier alpha value is -2.10. The number of carbonyl (C=O) groups is 1. The lowest BCUT2D eigenvalue weighted by Crippen LogP contribution is -2.16. The number of H-pyrrole nitrogens is 1. The highest BCUT2D eigenvalue weighted by Gasteiger charge is 2.02. The molecule has 2 aromatic rings. The van der Waals surface area contributed by atoms with E-state index in [0.717, 1.165) is 29.3 Å². The SMILES string of the molecule is CCCCCCCCCCCCCCCCCC(=O)NN=Cc1c[nH]c2ccccc12. The van der Waals surface area contributed by atoms with Gasteiger partial charge < -0.3 is 4.98 Å². The van der Waals surface area contributed by atoms with Crippen LogP contribution in [0, 0.1) is 0 Å². The molecule has 0 aliphatic carbocycles. The van der Waals surface area contributed by atoms with Gasteiger partial charge in [-0.15, -0.1) is 0 Å². The molecule has 0 atom stereocenters. The fourth-order valence-electron chi connectivity index (χ4n) is 4.09. The van der Waals surface area contributed by atoms with Crippen molar-refractivity contribution in [2.75, 3.05) is 0 Å². The third kappa shape index (κ3) is 11.2. The van der Waals surface area contributed by atoms with Crippen LogP contribution >= 0.6 is 0 Å². The molecule has 0 saturated carbocycles. The number of para-hydroxylation sites is 1. The first-order valence-corrected chi connectivity index (χ1v) is 12.7. The molecule has 4 heteroatoms. The van der Waals surface area contributed by atoms with Gasteiger partial charge in [0, 0.05) is 29.1 Å². The van der Waals surface area contributed by atoms with Gasteiger partial charge in [-0.2, -0.15) is 5.10 Å². The van der Waals surface area contributed by atoms with Crippen LogP contribution in [0.5, 0.6) is 0 Å². The lowest BCUT2D eigenvalue weighted by Gasteiger charge is -2.03. The summed E-state index contributed by atoms with van der Waals surface area (Å²) in [6, 6.07) is 8.08. The van der Waals surface area contributed by atoms with E-state index in [-0.39, 0.29) is 5.91 Å². The zero-order valence-corrected chi connectivity index (χ0v) is 19.6. The number of fused-ring (bicyclic) bond motifs is 1. The van der Waals surface area contributed by atoms with Crippen LogP contribution in [0.25, 0.3) is 10.9 Å². The van der Waals surface area contributed by atoms with Gasteiger partial charge in [-0.3, -0.25) is 4.79 Å². The summed E-state index contributed by atoms with van der Waals surface area (Å²) in [5.74, 6) is 0.00536. The first kappa shape index (κ1) is 25.2. The summed E-state index contributed by atoms with van der Waals surface area (Å²) < 4.78 is 0. The maximum absolute atomic E-state index is 11.9. The molecular formula is C27H43N3O. The van der Waals surface area contributed by atoms with Gasteiger partial charge in [0.25, 0.3) is 0 Å². The summed E-state index contributed by atoms with van der Waals surface area (Å²) in [6.45, 7) is 2.28. The molecule has 2 N–H and O–H groups in total.